The minimum atomic E-state index is -0.443. The lowest BCUT2D eigenvalue weighted by atomic mass is 10.3. The van der Waals surface area contributed by atoms with Crippen molar-refractivity contribution in [2.24, 2.45) is 0 Å². The number of thiophene rings is 1. The van der Waals surface area contributed by atoms with Gasteiger partial charge in [0.05, 0.1) is 6.54 Å². The molecule has 1 unspecified atom stereocenters. The summed E-state index contributed by atoms with van der Waals surface area (Å²) in [4.78, 5) is 0.995. The minimum Gasteiger partial charge on any atom is -0.386 e. The zero-order valence-corrected chi connectivity index (χ0v) is 10.3. The van der Waals surface area contributed by atoms with Crippen molar-refractivity contribution in [3.8, 4) is 0 Å². The highest BCUT2D eigenvalue weighted by Gasteiger charge is 2.08. The summed E-state index contributed by atoms with van der Waals surface area (Å²) in [6.07, 6.45) is -0.443. The fourth-order valence-corrected chi connectivity index (χ4v) is 2.39. The van der Waals surface area contributed by atoms with Gasteiger partial charge >= 0.3 is 0 Å². The Labute approximate surface area is 99.3 Å². The highest BCUT2D eigenvalue weighted by Crippen LogP contribution is 2.18. The first-order valence-corrected chi connectivity index (χ1v) is 6.17. The first-order valence-electron chi connectivity index (χ1n) is 5.29. The topological polar surface area (TPSA) is 37.2 Å². The molecule has 2 heterocycles. The van der Waals surface area contributed by atoms with Crippen LogP contribution in [0.25, 0.3) is 0 Å². The van der Waals surface area contributed by atoms with Crippen molar-refractivity contribution in [3.63, 3.8) is 0 Å². The van der Waals surface area contributed by atoms with E-state index in [-0.39, 0.29) is 0 Å². The van der Waals surface area contributed by atoms with Gasteiger partial charge in [0.1, 0.15) is 6.10 Å². The second kappa shape index (κ2) is 4.72. The number of aliphatic hydroxyl groups excluding tert-OH is 1. The van der Waals surface area contributed by atoms with Crippen LogP contribution in [-0.4, -0.2) is 16.3 Å². The van der Waals surface area contributed by atoms with Gasteiger partial charge in [-0.25, -0.2) is 0 Å². The predicted molar refractivity (Wildman–Crippen MR) is 67.4 cm³/mol. The summed E-state index contributed by atoms with van der Waals surface area (Å²) < 4.78 is 2.00. The van der Waals surface area contributed by atoms with Crippen molar-refractivity contribution in [2.45, 2.75) is 20.0 Å². The fraction of sp³-hybridized carbons (Fsp3) is 0.333. The molecule has 0 spiro atoms. The van der Waals surface area contributed by atoms with Crippen molar-refractivity contribution >= 4 is 11.3 Å². The molecule has 0 saturated heterocycles. The summed E-state index contributed by atoms with van der Waals surface area (Å²) in [6, 6.07) is 8.02. The largest absolute Gasteiger partial charge is 0.386 e. The zero-order valence-electron chi connectivity index (χ0n) is 9.47. The molecule has 1 atom stereocenters. The second-order valence-electron chi connectivity index (χ2n) is 3.84. The zero-order chi connectivity index (χ0) is 11.5. The number of aliphatic hydroxyl groups is 1. The van der Waals surface area contributed by atoms with E-state index in [2.05, 4.69) is 17.6 Å². The van der Waals surface area contributed by atoms with Gasteiger partial charge in [0.15, 0.2) is 0 Å². The third-order valence-corrected chi connectivity index (χ3v) is 3.56. The lowest BCUT2D eigenvalue weighted by molar-refractivity contribution is 0.191. The third-order valence-electron chi connectivity index (χ3n) is 2.59. The molecule has 2 aromatic heterocycles. The molecule has 0 aliphatic rings. The number of hydrogen-bond donors (Lipinski definition) is 2. The molecule has 0 aromatic carbocycles. The van der Waals surface area contributed by atoms with E-state index in [1.807, 2.05) is 36.0 Å². The van der Waals surface area contributed by atoms with Crippen LogP contribution in [0.5, 0.6) is 0 Å². The van der Waals surface area contributed by atoms with Gasteiger partial charge < -0.3 is 10.5 Å². The monoisotopic (exact) mass is 236 g/mol. The van der Waals surface area contributed by atoms with Gasteiger partial charge in [-0.3, -0.25) is 4.68 Å². The summed E-state index contributed by atoms with van der Waals surface area (Å²) in [5.41, 5.74) is 5.52. The van der Waals surface area contributed by atoms with Gasteiger partial charge in [0, 0.05) is 16.3 Å². The van der Waals surface area contributed by atoms with Crippen LogP contribution in [0.1, 0.15) is 22.4 Å². The Morgan fingerprint density at radius 1 is 1.31 bits per heavy atom. The minimum absolute atomic E-state index is 0.443. The number of nitrogens with zero attached hydrogens (tertiary/aromatic N) is 1. The van der Waals surface area contributed by atoms with Gasteiger partial charge in [-0.15, -0.1) is 11.3 Å². The van der Waals surface area contributed by atoms with Gasteiger partial charge in [0.25, 0.3) is 0 Å². The normalized spacial score (nSPS) is 12.7. The Morgan fingerprint density at radius 3 is 2.56 bits per heavy atom. The average molecular weight is 236 g/mol. The fourth-order valence-electron chi connectivity index (χ4n) is 1.68. The quantitative estimate of drug-likeness (QED) is 0.855. The maximum absolute atomic E-state index is 9.92. The number of nitrogens with one attached hydrogen (secondary N) is 1. The van der Waals surface area contributed by atoms with E-state index in [1.54, 1.807) is 11.3 Å². The molecule has 3 nitrogen and oxygen atoms in total. The number of aromatic nitrogens is 1. The molecular formula is C12H16N2OS. The maximum Gasteiger partial charge on any atom is 0.107 e. The molecule has 2 N–H and O–H groups in total. The lowest BCUT2D eigenvalue weighted by Crippen LogP contribution is -2.22. The third kappa shape index (κ3) is 2.28. The van der Waals surface area contributed by atoms with Crippen LogP contribution in [-0.2, 0) is 0 Å². The SMILES string of the molecule is Cc1ccc(C)n1NCC(O)c1cccs1. The summed E-state index contributed by atoms with van der Waals surface area (Å²) in [6.45, 7) is 4.60. The Kier molecular flexibility index (Phi) is 3.31. The molecule has 0 aliphatic carbocycles. The molecular weight excluding hydrogens is 220 g/mol. The molecule has 0 fully saturated rings. The number of rotatable bonds is 4. The van der Waals surface area contributed by atoms with Crippen LogP contribution in [0, 0.1) is 13.8 Å². The summed E-state index contributed by atoms with van der Waals surface area (Å²) >= 11 is 1.58. The average Bonchev–Trinajstić information content (AvgIpc) is 2.87. The highest BCUT2D eigenvalue weighted by molar-refractivity contribution is 7.10. The molecule has 0 saturated carbocycles. The van der Waals surface area contributed by atoms with Crippen molar-refractivity contribution < 1.29 is 5.11 Å². The van der Waals surface area contributed by atoms with Crippen molar-refractivity contribution in [2.75, 3.05) is 12.0 Å². The Morgan fingerprint density at radius 2 is 2.00 bits per heavy atom. The van der Waals surface area contributed by atoms with Crippen LogP contribution < -0.4 is 5.43 Å². The molecule has 2 aromatic rings. The van der Waals surface area contributed by atoms with Gasteiger partial charge in [0.2, 0.25) is 0 Å². The molecule has 4 heteroatoms. The Balaban J connectivity index is 1.98. The first-order chi connectivity index (χ1) is 7.68. The van der Waals surface area contributed by atoms with E-state index < -0.39 is 6.10 Å². The van der Waals surface area contributed by atoms with Gasteiger partial charge in [-0.1, -0.05) is 6.07 Å². The van der Waals surface area contributed by atoms with Crippen molar-refractivity contribution in [1.29, 1.82) is 0 Å². The number of aryl methyl sites for hydroxylation is 2. The Bertz CT molecular complexity index is 428. The summed E-state index contributed by atoms with van der Waals surface area (Å²) in [5, 5.41) is 11.9. The summed E-state index contributed by atoms with van der Waals surface area (Å²) in [5.74, 6) is 0. The van der Waals surface area contributed by atoms with Crippen LogP contribution in [0.2, 0.25) is 0 Å². The van der Waals surface area contributed by atoms with Crippen LogP contribution >= 0.6 is 11.3 Å². The Hall–Kier alpha value is -1.26. The maximum atomic E-state index is 9.92. The van der Waals surface area contributed by atoms with E-state index in [4.69, 9.17) is 0 Å². The van der Waals surface area contributed by atoms with E-state index >= 15 is 0 Å². The van der Waals surface area contributed by atoms with Gasteiger partial charge in [-0.2, -0.15) is 0 Å². The lowest BCUT2D eigenvalue weighted by Gasteiger charge is -2.15. The van der Waals surface area contributed by atoms with E-state index in [9.17, 15) is 5.11 Å². The van der Waals surface area contributed by atoms with Crippen molar-refractivity contribution in [3.05, 3.63) is 45.9 Å². The predicted octanol–water partition coefficient (Wildman–Crippen LogP) is 2.44. The smallest absolute Gasteiger partial charge is 0.107 e. The van der Waals surface area contributed by atoms with Crippen molar-refractivity contribution in [1.82, 2.24) is 4.68 Å². The van der Waals surface area contributed by atoms with E-state index in [1.165, 1.54) is 0 Å². The van der Waals surface area contributed by atoms with Gasteiger partial charge in [-0.05, 0) is 37.4 Å². The van der Waals surface area contributed by atoms with E-state index in [0.717, 1.165) is 16.3 Å². The standard InChI is InChI=1S/C12H16N2OS/c1-9-5-6-10(2)14(9)13-8-11(15)12-4-3-7-16-12/h3-7,11,13,15H,8H2,1-2H3. The summed E-state index contributed by atoms with van der Waals surface area (Å²) in [7, 11) is 0. The molecule has 2 rings (SSSR count). The highest BCUT2D eigenvalue weighted by atomic mass is 32.1. The molecule has 0 amide bonds. The molecule has 0 bridgehead atoms. The van der Waals surface area contributed by atoms with Crippen LogP contribution in [0.3, 0.4) is 0 Å². The van der Waals surface area contributed by atoms with E-state index in [0.29, 0.717) is 6.54 Å². The molecule has 86 valence electrons. The molecule has 0 aliphatic heterocycles. The number of hydrogen-bond acceptors (Lipinski definition) is 3. The second-order valence-corrected chi connectivity index (χ2v) is 4.82. The first kappa shape index (κ1) is 11.2. The molecule has 16 heavy (non-hydrogen) atoms. The molecule has 0 radical (unpaired) electrons. The van der Waals surface area contributed by atoms with Crippen LogP contribution in [0.4, 0.5) is 0 Å². The van der Waals surface area contributed by atoms with Crippen LogP contribution in [0.15, 0.2) is 29.6 Å².